The molecular formula is C16H21FN2O2. The summed E-state index contributed by atoms with van der Waals surface area (Å²) in [5.74, 6) is -0.289. The molecule has 4 nitrogen and oxygen atoms in total. The molecule has 114 valence electrons. The minimum absolute atomic E-state index is 0.210. The molecule has 0 radical (unpaired) electrons. The maximum absolute atomic E-state index is 13.5. The van der Waals surface area contributed by atoms with Gasteiger partial charge in [-0.05, 0) is 37.2 Å². The van der Waals surface area contributed by atoms with Gasteiger partial charge in [0.25, 0.3) is 0 Å². The topological polar surface area (TPSA) is 50.4 Å². The molecule has 3 rings (SSSR count). The highest BCUT2D eigenvalue weighted by Gasteiger charge is 2.47. The Balaban J connectivity index is 1.49. The predicted octanol–water partition coefficient (Wildman–Crippen LogP) is 2.58. The Morgan fingerprint density at radius 2 is 2.05 bits per heavy atom. The van der Waals surface area contributed by atoms with Crippen LogP contribution in [0.1, 0.15) is 31.2 Å². The number of rotatable bonds is 3. The number of ether oxygens (including phenoxy) is 1. The fourth-order valence-electron chi connectivity index (χ4n) is 3.33. The average molecular weight is 292 g/mol. The van der Waals surface area contributed by atoms with E-state index in [1.807, 2.05) is 0 Å². The zero-order chi connectivity index (χ0) is 14.7. The number of carbonyl (C=O) groups excluding carboxylic acids is 1. The van der Waals surface area contributed by atoms with Crippen molar-refractivity contribution in [3.63, 3.8) is 0 Å². The van der Waals surface area contributed by atoms with Crippen LogP contribution in [0.2, 0.25) is 0 Å². The van der Waals surface area contributed by atoms with Crippen LogP contribution in [0.3, 0.4) is 0 Å². The lowest BCUT2D eigenvalue weighted by molar-refractivity contribution is -0.0511. The van der Waals surface area contributed by atoms with Gasteiger partial charge < -0.3 is 15.4 Å². The maximum Gasteiger partial charge on any atom is 0.315 e. The van der Waals surface area contributed by atoms with Crippen molar-refractivity contribution in [2.75, 3.05) is 13.2 Å². The van der Waals surface area contributed by atoms with Crippen molar-refractivity contribution in [1.29, 1.82) is 0 Å². The van der Waals surface area contributed by atoms with Gasteiger partial charge >= 0.3 is 6.03 Å². The Bertz CT molecular complexity index is 515. The molecule has 2 amide bonds. The van der Waals surface area contributed by atoms with Crippen molar-refractivity contribution in [3.05, 3.63) is 35.6 Å². The maximum atomic E-state index is 13.5. The quantitative estimate of drug-likeness (QED) is 0.899. The molecule has 2 N–H and O–H groups in total. The van der Waals surface area contributed by atoms with Gasteiger partial charge in [-0.1, -0.05) is 18.2 Å². The van der Waals surface area contributed by atoms with Crippen molar-refractivity contribution in [2.24, 2.45) is 5.41 Å². The number of carbonyl (C=O) groups is 1. The van der Waals surface area contributed by atoms with Gasteiger partial charge in [-0.2, -0.15) is 0 Å². The third-order valence-electron chi connectivity index (χ3n) is 4.86. The lowest BCUT2D eigenvalue weighted by Gasteiger charge is -2.51. The summed E-state index contributed by atoms with van der Waals surface area (Å²) in [5.41, 5.74) is 0.732. The minimum Gasteiger partial charge on any atom is -0.381 e. The van der Waals surface area contributed by atoms with Crippen LogP contribution in [0.5, 0.6) is 0 Å². The molecule has 21 heavy (non-hydrogen) atoms. The lowest BCUT2D eigenvalue weighted by atomic mass is 9.60. The zero-order valence-electron chi connectivity index (χ0n) is 12.0. The normalized spacial score (nSPS) is 23.4. The largest absolute Gasteiger partial charge is 0.381 e. The number of hydrogen-bond donors (Lipinski definition) is 2. The van der Waals surface area contributed by atoms with E-state index in [0.29, 0.717) is 5.56 Å². The van der Waals surface area contributed by atoms with E-state index in [9.17, 15) is 9.18 Å². The van der Waals surface area contributed by atoms with E-state index in [4.69, 9.17) is 4.74 Å². The first-order valence-corrected chi connectivity index (χ1v) is 7.55. The van der Waals surface area contributed by atoms with Crippen molar-refractivity contribution in [3.8, 4) is 0 Å². The van der Waals surface area contributed by atoms with Crippen LogP contribution < -0.4 is 10.6 Å². The molecule has 1 aliphatic heterocycles. The number of nitrogens with one attached hydrogen (secondary N) is 2. The van der Waals surface area contributed by atoms with Crippen LogP contribution in [0, 0.1) is 11.2 Å². The van der Waals surface area contributed by atoms with Gasteiger partial charge in [0.2, 0.25) is 0 Å². The van der Waals surface area contributed by atoms with E-state index < -0.39 is 0 Å². The lowest BCUT2D eigenvalue weighted by Crippen LogP contribution is -2.58. The molecule has 1 saturated carbocycles. The molecule has 0 aromatic heterocycles. The number of hydrogen-bond acceptors (Lipinski definition) is 2. The summed E-state index contributed by atoms with van der Waals surface area (Å²) >= 11 is 0. The van der Waals surface area contributed by atoms with Gasteiger partial charge in [-0.25, -0.2) is 9.18 Å². The van der Waals surface area contributed by atoms with Gasteiger partial charge in [0, 0.05) is 31.4 Å². The summed E-state index contributed by atoms with van der Waals surface area (Å²) < 4.78 is 18.9. The standard InChI is InChI=1S/C16H21FN2O2/c17-13-4-2-1-3-12(13)11-18-15(20)19-14-5-6-16(14)7-9-21-10-8-16/h1-4,14H,5-11H2,(H2,18,19,20). The molecule has 1 heterocycles. The minimum atomic E-state index is -0.289. The first kappa shape index (κ1) is 14.3. The van der Waals surface area contributed by atoms with Gasteiger partial charge in [-0.3, -0.25) is 0 Å². The van der Waals surface area contributed by atoms with Crippen LogP contribution in [-0.4, -0.2) is 25.3 Å². The zero-order valence-corrected chi connectivity index (χ0v) is 12.0. The van der Waals surface area contributed by atoms with Crippen LogP contribution in [-0.2, 0) is 11.3 Å². The van der Waals surface area contributed by atoms with Gasteiger partial charge in [0.05, 0.1) is 0 Å². The molecule has 2 fully saturated rings. The highest BCUT2D eigenvalue weighted by molar-refractivity contribution is 5.74. The first-order valence-electron chi connectivity index (χ1n) is 7.55. The second-order valence-corrected chi connectivity index (χ2v) is 5.98. The Hall–Kier alpha value is -1.62. The van der Waals surface area contributed by atoms with Crippen molar-refractivity contribution >= 4 is 6.03 Å². The van der Waals surface area contributed by atoms with E-state index >= 15 is 0 Å². The number of halogens is 1. The van der Waals surface area contributed by atoms with Crippen molar-refractivity contribution < 1.29 is 13.9 Å². The summed E-state index contributed by atoms with van der Waals surface area (Å²) in [6.45, 7) is 1.78. The highest BCUT2D eigenvalue weighted by Crippen LogP contribution is 2.48. The number of urea groups is 1. The molecule has 1 saturated heterocycles. The molecule has 1 aromatic carbocycles. The van der Waals surface area contributed by atoms with Gasteiger partial charge in [0.1, 0.15) is 5.82 Å². The molecule has 1 aliphatic carbocycles. The second-order valence-electron chi connectivity index (χ2n) is 5.98. The van der Waals surface area contributed by atoms with Crippen LogP contribution >= 0.6 is 0 Å². The Morgan fingerprint density at radius 1 is 1.29 bits per heavy atom. The first-order chi connectivity index (χ1) is 10.2. The smallest absolute Gasteiger partial charge is 0.315 e. The third-order valence-corrected chi connectivity index (χ3v) is 4.86. The molecule has 1 spiro atoms. The molecule has 5 heteroatoms. The fraction of sp³-hybridized carbons (Fsp3) is 0.562. The molecular weight excluding hydrogens is 271 g/mol. The summed E-state index contributed by atoms with van der Waals surface area (Å²) in [6.07, 6.45) is 4.22. The Morgan fingerprint density at radius 3 is 2.71 bits per heavy atom. The number of amides is 2. The summed E-state index contributed by atoms with van der Waals surface area (Å²) in [7, 11) is 0. The fourth-order valence-corrected chi connectivity index (χ4v) is 3.33. The van der Waals surface area contributed by atoms with Crippen LogP contribution in [0.4, 0.5) is 9.18 Å². The van der Waals surface area contributed by atoms with E-state index in [0.717, 1.165) is 38.9 Å². The summed E-state index contributed by atoms with van der Waals surface area (Å²) in [4.78, 5) is 12.0. The van der Waals surface area contributed by atoms with E-state index in [1.54, 1.807) is 18.2 Å². The predicted molar refractivity (Wildman–Crippen MR) is 77.3 cm³/mol. The molecule has 1 atom stereocenters. The highest BCUT2D eigenvalue weighted by atomic mass is 19.1. The van der Waals surface area contributed by atoms with E-state index in [2.05, 4.69) is 10.6 Å². The van der Waals surface area contributed by atoms with Crippen LogP contribution in [0.25, 0.3) is 0 Å². The summed E-state index contributed by atoms with van der Waals surface area (Å²) in [5, 5.41) is 5.78. The number of benzene rings is 1. The summed E-state index contributed by atoms with van der Waals surface area (Å²) in [6, 6.07) is 6.50. The third kappa shape index (κ3) is 3.02. The van der Waals surface area contributed by atoms with Gasteiger partial charge in [0.15, 0.2) is 0 Å². The van der Waals surface area contributed by atoms with Crippen LogP contribution in [0.15, 0.2) is 24.3 Å². The van der Waals surface area contributed by atoms with E-state index in [1.165, 1.54) is 6.07 Å². The SMILES string of the molecule is O=C(NCc1ccccc1F)NC1CCC12CCOCC2. The van der Waals surface area contributed by atoms with Crippen molar-refractivity contribution in [2.45, 2.75) is 38.3 Å². The Kier molecular flexibility index (Phi) is 4.10. The van der Waals surface area contributed by atoms with Gasteiger partial charge in [-0.15, -0.1) is 0 Å². The molecule has 0 bridgehead atoms. The van der Waals surface area contributed by atoms with E-state index in [-0.39, 0.29) is 29.8 Å². The molecule has 2 aliphatic rings. The molecule has 1 aromatic rings. The monoisotopic (exact) mass is 292 g/mol. The second kappa shape index (κ2) is 6.02. The molecule has 1 unspecified atom stereocenters. The Labute approximate surface area is 124 Å². The van der Waals surface area contributed by atoms with Crippen molar-refractivity contribution in [1.82, 2.24) is 10.6 Å². The average Bonchev–Trinajstić information content (AvgIpc) is 2.51.